The Morgan fingerprint density at radius 3 is 2.91 bits per heavy atom. The molecule has 0 saturated carbocycles. The van der Waals surface area contributed by atoms with Crippen LogP contribution in [0.4, 0.5) is 4.39 Å². The van der Waals surface area contributed by atoms with Crippen molar-refractivity contribution in [2.45, 2.75) is 19.4 Å². The summed E-state index contributed by atoms with van der Waals surface area (Å²) in [5.41, 5.74) is 0.667. The van der Waals surface area contributed by atoms with E-state index in [9.17, 15) is 14.0 Å². The van der Waals surface area contributed by atoms with Crippen LogP contribution in [0, 0.1) is 11.7 Å². The minimum Gasteiger partial charge on any atom is -0.481 e. The first-order valence-electron chi connectivity index (χ1n) is 7.29. The molecule has 2 aromatic rings. The maximum Gasteiger partial charge on any atom is 0.308 e. The van der Waals surface area contributed by atoms with E-state index in [1.165, 1.54) is 12.1 Å². The molecule has 1 aliphatic rings. The van der Waals surface area contributed by atoms with Crippen molar-refractivity contribution in [1.29, 1.82) is 0 Å². The average molecular weight is 304 g/mol. The van der Waals surface area contributed by atoms with Crippen molar-refractivity contribution in [1.82, 2.24) is 9.47 Å². The molecule has 6 heteroatoms. The molecule has 1 fully saturated rings. The number of carboxylic acids is 1. The fourth-order valence-electron chi connectivity index (χ4n) is 2.95. The molecule has 1 amide bonds. The Morgan fingerprint density at radius 1 is 1.32 bits per heavy atom. The van der Waals surface area contributed by atoms with Gasteiger partial charge in [-0.15, -0.1) is 0 Å². The lowest BCUT2D eigenvalue weighted by Gasteiger charge is -2.30. The second-order valence-electron chi connectivity index (χ2n) is 5.66. The third kappa shape index (κ3) is 2.81. The van der Waals surface area contributed by atoms with Crippen molar-refractivity contribution in [3.8, 4) is 0 Å². The van der Waals surface area contributed by atoms with Gasteiger partial charge in [0.1, 0.15) is 12.4 Å². The van der Waals surface area contributed by atoms with Crippen LogP contribution in [-0.4, -0.2) is 39.5 Å². The number of hydrogen-bond donors (Lipinski definition) is 1. The maximum absolute atomic E-state index is 13.4. The van der Waals surface area contributed by atoms with Crippen LogP contribution in [0.15, 0.2) is 30.5 Å². The van der Waals surface area contributed by atoms with Crippen LogP contribution in [0.1, 0.15) is 12.8 Å². The van der Waals surface area contributed by atoms with Gasteiger partial charge >= 0.3 is 5.97 Å². The smallest absolute Gasteiger partial charge is 0.308 e. The summed E-state index contributed by atoms with van der Waals surface area (Å²) in [6, 6.07) is 6.29. The number of aliphatic carboxylic acids is 1. The molecule has 0 bridgehead atoms. The van der Waals surface area contributed by atoms with Crippen LogP contribution in [0.3, 0.4) is 0 Å². The normalized spacial score (nSPS) is 18.6. The lowest BCUT2D eigenvalue weighted by molar-refractivity contribution is -0.145. The van der Waals surface area contributed by atoms with E-state index < -0.39 is 11.9 Å². The molecular weight excluding hydrogens is 287 g/mol. The number of amides is 1. The number of aromatic nitrogens is 1. The summed E-state index contributed by atoms with van der Waals surface area (Å²) in [6.07, 6.45) is 3.06. The van der Waals surface area contributed by atoms with Gasteiger partial charge < -0.3 is 14.6 Å². The van der Waals surface area contributed by atoms with Gasteiger partial charge in [0.25, 0.3) is 0 Å². The molecule has 1 aromatic carbocycles. The number of carbonyl (C=O) groups excluding carboxylic acids is 1. The predicted molar refractivity (Wildman–Crippen MR) is 78.8 cm³/mol. The highest BCUT2D eigenvalue weighted by molar-refractivity contribution is 5.83. The molecule has 1 aliphatic heterocycles. The third-order valence-electron chi connectivity index (χ3n) is 4.16. The molecule has 0 unspecified atom stereocenters. The SMILES string of the molecule is O=C(O)[C@@H]1CCCN(C(=O)Cn2ccc3ccc(F)cc32)C1. The summed E-state index contributed by atoms with van der Waals surface area (Å²) < 4.78 is 15.1. The lowest BCUT2D eigenvalue weighted by atomic mass is 9.98. The van der Waals surface area contributed by atoms with Crippen molar-refractivity contribution in [3.05, 3.63) is 36.3 Å². The van der Waals surface area contributed by atoms with Crippen molar-refractivity contribution in [3.63, 3.8) is 0 Å². The molecule has 1 aromatic heterocycles. The van der Waals surface area contributed by atoms with Crippen LogP contribution >= 0.6 is 0 Å². The van der Waals surface area contributed by atoms with Crippen molar-refractivity contribution >= 4 is 22.8 Å². The number of nitrogens with zero attached hydrogens (tertiary/aromatic N) is 2. The molecule has 1 N–H and O–H groups in total. The molecule has 5 nitrogen and oxygen atoms in total. The van der Waals surface area contributed by atoms with E-state index in [4.69, 9.17) is 5.11 Å². The number of halogens is 1. The Morgan fingerprint density at radius 2 is 2.14 bits per heavy atom. The average Bonchev–Trinajstić information content (AvgIpc) is 2.89. The fourth-order valence-corrected chi connectivity index (χ4v) is 2.95. The first-order valence-corrected chi connectivity index (χ1v) is 7.29. The van der Waals surface area contributed by atoms with E-state index in [0.29, 0.717) is 24.9 Å². The minimum atomic E-state index is -0.856. The Labute approximate surface area is 126 Å². The largest absolute Gasteiger partial charge is 0.481 e. The molecule has 2 heterocycles. The standard InChI is InChI=1S/C16H17FN2O3/c17-13-4-3-11-5-7-18(14(11)8-13)10-15(20)19-6-1-2-12(9-19)16(21)22/h3-5,7-8,12H,1-2,6,9-10H2,(H,21,22)/t12-/m1/s1. The first-order chi connectivity index (χ1) is 10.5. The highest BCUT2D eigenvalue weighted by Crippen LogP contribution is 2.20. The Hall–Kier alpha value is -2.37. The van der Waals surface area contributed by atoms with Gasteiger partial charge in [-0.2, -0.15) is 0 Å². The number of rotatable bonds is 3. The zero-order chi connectivity index (χ0) is 15.7. The number of carbonyl (C=O) groups is 2. The molecule has 22 heavy (non-hydrogen) atoms. The fraction of sp³-hybridized carbons (Fsp3) is 0.375. The number of likely N-dealkylation sites (tertiary alicyclic amines) is 1. The summed E-state index contributed by atoms with van der Waals surface area (Å²) in [4.78, 5) is 25.0. The van der Waals surface area contributed by atoms with Gasteiger partial charge in [0.05, 0.1) is 11.4 Å². The van der Waals surface area contributed by atoms with Crippen LogP contribution in [0.5, 0.6) is 0 Å². The molecule has 0 aliphatic carbocycles. The van der Waals surface area contributed by atoms with E-state index in [1.54, 1.807) is 21.7 Å². The molecule has 0 radical (unpaired) electrons. The molecule has 1 atom stereocenters. The van der Waals surface area contributed by atoms with E-state index in [2.05, 4.69) is 0 Å². The van der Waals surface area contributed by atoms with E-state index >= 15 is 0 Å². The number of carboxylic acid groups (broad SMARTS) is 1. The summed E-state index contributed by atoms with van der Waals surface area (Å²) in [5, 5.41) is 9.95. The predicted octanol–water partition coefficient (Wildman–Crippen LogP) is 2.10. The number of hydrogen-bond acceptors (Lipinski definition) is 2. The van der Waals surface area contributed by atoms with Crippen molar-refractivity contribution < 1.29 is 19.1 Å². The molecule has 1 saturated heterocycles. The number of fused-ring (bicyclic) bond motifs is 1. The third-order valence-corrected chi connectivity index (χ3v) is 4.16. The Balaban J connectivity index is 1.75. The van der Waals surface area contributed by atoms with E-state index in [0.717, 1.165) is 5.39 Å². The van der Waals surface area contributed by atoms with E-state index in [-0.39, 0.29) is 24.8 Å². The second kappa shape index (κ2) is 5.79. The lowest BCUT2D eigenvalue weighted by Crippen LogP contribution is -2.43. The van der Waals surface area contributed by atoms with Crippen LogP contribution < -0.4 is 0 Å². The van der Waals surface area contributed by atoms with Gasteiger partial charge in [-0.05, 0) is 42.5 Å². The summed E-state index contributed by atoms with van der Waals surface area (Å²) >= 11 is 0. The zero-order valence-electron chi connectivity index (χ0n) is 12.0. The van der Waals surface area contributed by atoms with Crippen LogP contribution in [-0.2, 0) is 16.1 Å². The molecule has 0 spiro atoms. The quantitative estimate of drug-likeness (QED) is 0.944. The Kier molecular flexibility index (Phi) is 3.83. The Bertz CT molecular complexity index is 725. The van der Waals surface area contributed by atoms with E-state index in [1.807, 2.05) is 6.07 Å². The zero-order valence-corrected chi connectivity index (χ0v) is 12.0. The van der Waals surface area contributed by atoms with Crippen molar-refractivity contribution in [2.75, 3.05) is 13.1 Å². The van der Waals surface area contributed by atoms with Crippen molar-refractivity contribution in [2.24, 2.45) is 5.92 Å². The highest BCUT2D eigenvalue weighted by Gasteiger charge is 2.28. The van der Waals surface area contributed by atoms with Crippen LogP contribution in [0.25, 0.3) is 10.9 Å². The first kappa shape index (κ1) is 14.6. The monoisotopic (exact) mass is 304 g/mol. The van der Waals surface area contributed by atoms with Gasteiger partial charge in [-0.25, -0.2) is 4.39 Å². The molecule has 116 valence electrons. The summed E-state index contributed by atoms with van der Waals surface area (Å²) in [5.74, 6) is -1.82. The maximum atomic E-state index is 13.4. The van der Waals surface area contributed by atoms with Crippen LogP contribution in [0.2, 0.25) is 0 Å². The van der Waals surface area contributed by atoms with Gasteiger partial charge in [0.15, 0.2) is 0 Å². The summed E-state index contributed by atoms with van der Waals surface area (Å²) in [7, 11) is 0. The van der Waals surface area contributed by atoms with Gasteiger partial charge in [-0.1, -0.05) is 0 Å². The summed E-state index contributed by atoms with van der Waals surface area (Å²) in [6.45, 7) is 0.928. The topological polar surface area (TPSA) is 62.5 Å². The highest BCUT2D eigenvalue weighted by atomic mass is 19.1. The van der Waals surface area contributed by atoms with Gasteiger partial charge in [0, 0.05) is 19.3 Å². The number of piperidine rings is 1. The van der Waals surface area contributed by atoms with Gasteiger partial charge in [-0.3, -0.25) is 9.59 Å². The minimum absolute atomic E-state index is 0.0965. The number of benzene rings is 1. The second-order valence-corrected chi connectivity index (χ2v) is 5.66. The molecule has 3 rings (SSSR count). The molecular formula is C16H17FN2O3. The van der Waals surface area contributed by atoms with Gasteiger partial charge in [0.2, 0.25) is 5.91 Å².